The van der Waals surface area contributed by atoms with Gasteiger partial charge in [-0.15, -0.1) is 0 Å². The zero-order chi connectivity index (χ0) is 47.1. The predicted molar refractivity (Wildman–Crippen MR) is 266 cm³/mol. The van der Waals surface area contributed by atoms with Gasteiger partial charge in [0.2, 0.25) is 11.8 Å². The van der Waals surface area contributed by atoms with Gasteiger partial charge in [0.25, 0.3) is 11.8 Å². The molecule has 0 bridgehead atoms. The van der Waals surface area contributed by atoms with E-state index in [1.54, 1.807) is 17.2 Å². The van der Waals surface area contributed by atoms with E-state index in [2.05, 4.69) is 91.3 Å². The van der Waals surface area contributed by atoms with E-state index in [4.69, 9.17) is 4.98 Å². The molecule has 344 valence electrons. The van der Waals surface area contributed by atoms with Gasteiger partial charge >= 0.3 is 0 Å². The van der Waals surface area contributed by atoms with Gasteiger partial charge in [-0.25, -0.2) is 9.97 Å². The number of unbranched alkanes of at least 4 members (excludes halogenated alkanes) is 2. The molecule has 2 saturated heterocycles. The summed E-state index contributed by atoms with van der Waals surface area (Å²) in [5, 5.41) is 3.40. The van der Waals surface area contributed by atoms with Crippen molar-refractivity contribution in [1.82, 2.24) is 39.9 Å². The summed E-state index contributed by atoms with van der Waals surface area (Å²) in [7, 11) is 0. The van der Waals surface area contributed by atoms with Crippen LogP contribution < -0.4 is 5.32 Å². The van der Waals surface area contributed by atoms with E-state index >= 15 is 0 Å². The smallest absolute Gasteiger partial charge is 0.255 e. The van der Waals surface area contributed by atoms with Crippen molar-refractivity contribution >= 4 is 46.7 Å². The molecule has 69 heavy (non-hydrogen) atoms. The van der Waals surface area contributed by atoms with Gasteiger partial charge in [-0.3, -0.25) is 34.4 Å². The number of hydrogen-bond donors (Lipinski definition) is 1. The summed E-state index contributed by atoms with van der Waals surface area (Å²) in [6.45, 7) is 7.23. The minimum Gasteiger partial charge on any atom is -0.332 e. The molecule has 0 spiro atoms. The van der Waals surface area contributed by atoms with E-state index in [1.165, 1.54) is 0 Å². The number of aromatic nitrogens is 3. The maximum Gasteiger partial charge on any atom is 0.255 e. The van der Waals surface area contributed by atoms with Crippen LogP contribution in [0.2, 0.25) is 0 Å². The van der Waals surface area contributed by atoms with Crippen molar-refractivity contribution in [2.45, 2.75) is 57.7 Å². The van der Waals surface area contributed by atoms with E-state index in [9.17, 15) is 19.2 Å². The summed E-state index contributed by atoms with van der Waals surface area (Å²) >= 11 is 0. The molecule has 2 fully saturated rings. The third-order valence-corrected chi connectivity index (χ3v) is 13.4. The van der Waals surface area contributed by atoms with Crippen LogP contribution in [-0.4, -0.2) is 110 Å². The Morgan fingerprint density at radius 2 is 1.54 bits per heavy atom. The van der Waals surface area contributed by atoms with Crippen molar-refractivity contribution in [3.8, 4) is 35.1 Å². The summed E-state index contributed by atoms with van der Waals surface area (Å²) in [6.07, 6.45) is 12.0. The Morgan fingerprint density at radius 1 is 0.754 bits per heavy atom. The quantitative estimate of drug-likeness (QED) is 0.0668. The van der Waals surface area contributed by atoms with E-state index < -0.39 is 11.9 Å². The molecule has 4 aromatic carbocycles. The Morgan fingerprint density at radius 3 is 2.35 bits per heavy atom. The first kappa shape index (κ1) is 45.0. The fraction of sp³-hybridized carbons (Fsp3) is 0.281. The van der Waals surface area contributed by atoms with Crippen molar-refractivity contribution in [2.24, 2.45) is 0 Å². The Hall–Kier alpha value is -7.77. The van der Waals surface area contributed by atoms with Crippen LogP contribution in [0.3, 0.4) is 0 Å². The van der Waals surface area contributed by atoms with Crippen LogP contribution in [0.1, 0.15) is 91.9 Å². The number of benzene rings is 4. The number of fused-ring (bicyclic) bond motifs is 3. The van der Waals surface area contributed by atoms with E-state index in [1.807, 2.05) is 71.8 Å². The number of carbonyl (C=O) groups excluding carboxylic acids is 4. The van der Waals surface area contributed by atoms with E-state index in [0.29, 0.717) is 49.4 Å². The first-order valence-corrected chi connectivity index (χ1v) is 23.9. The zero-order valence-electron chi connectivity index (χ0n) is 38.5. The van der Waals surface area contributed by atoms with Gasteiger partial charge in [0, 0.05) is 97.7 Å². The predicted octanol–water partition coefficient (Wildman–Crippen LogP) is 7.01. The van der Waals surface area contributed by atoms with E-state index in [-0.39, 0.29) is 24.1 Å². The number of carbonyl (C=O) groups is 4. The Kier molecular flexibility index (Phi) is 13.5. The van der Waals surface area contributed by atoms with Gasteiger partial charge in [0.15, 0.2) is 5.82 Å². The maximum atomic E-state index is 13.6. The first-order chi connectivity index (χ1) is 33.8. The highest BCUT2D eigenvalue weighted by Crippen LogP contribution is 2.30. The van der Waals surface area contributed by atoms with Crippen molar-refractivity contribution < 1.29 is 19.2 Å². The maximum absolute atomic E-state index is 13.6. The summed E-state index contributed by atoms with van der Waals surface area (Å²) < 4.78 is 0. The number of piperidine rings is 1. The second kappa shape index (κ2) is 20.6. The standard InChI is InChI=1S/C57H52N8O4/c66-53-26-25-52(55(67)61-53)65-38-49-43(12-7-13-48(49)57(65)69)10-3-1-2-6-28-62-31-33-63(34-32-62)29-8-9-40-15-17-41(18-16-40)19-20-42-21-23-44(24-22-42)56(68)64-30-27-46-36-59-54(60-51(46)39-64)47-35-45-11-4-5-14-50(45)58-37-47/h4-5,7,11-24,35-37,52H,1-2,6,25-34,38-39H2,(H,61,66,67)/b20-19+. The lowest BCUT2D eigenvalue weighted by atomic mass is 10.0. The molecule has 0 radical (unpaired) electrons. The minimum absolute atomic E-state index is 0.00690. The number of nitrogens with one attached hydrogen (secondary N) is 1. The fourth-order valence-electron chi connectivity index (χ4n) is 9.43. The molecule has 2 aromatic heterocycles. The molecule has 1 unspecified atom stereocenters. The number of pyridine rings is 1. The molecule has 10 rings (SSSR count). The molecule has 6 heterocycles. The number of hydrogen-bond acceptors (Lipinski definition) is 9. The van der Waals surface area contributed by atoms with Crippen LogP contribution in [0, 0.1) is 23.7 Å². The van der Waals surface area contributed by atoms with Crippen LogP contribution >= 0.6 is 0 Å². The van der Waals surface area contributed by atoms with Gasteiger partial charge in [0.05, 0.1) is 24.3 Å². The third kappa shape index (κ3) is 10.5. The Labute approximate surface area is 402 Å². The second-order valence-electron chi connectivity index (χ2n) is 18.0. The average molecular weight is 913 g/mol. The zero-order valence-corrected chi connectivity index (χ0v) is 38.5. The van der Waals surface area contributed by atoms with Crippen molar-refractivity contribution in [2.75, 3.05) is 45.8 Å². The number of imide groups is 1. The molecule has 0 saturated carbocycles. The van der Waals surface area contributed by atoms with Crippen molar-refractivity contribution in [3.05, 3.63) is 160 Å². The lowest BCUT2D eigenvalue weighted by molar-refractivity contribution is -0.136. The molecular formula is C57H52N8O4. The van der Waals surface area contributed by atoms with Crippen LogP contribution in [-0.2, 0) is 29.1 Å². The molecule has 12 heteroatoms. The van der Waals surface area contributed by atoms with Crippen LogP contribution in [0.15, 0.2) is 109 Å². The molecule has 1 atom stereocenters. The fourth-order valence-corrected chi connectivity index (χ4v) is 9.43. The molecule has 4 aliphatic rings. The lowest BCUT2D eigenvalue weighted by Crippen LogP contribution is -2.52. The van der Waals surface area contributed by atoms with E-state index in [0.717, 1.165) is 114 Å². The molecular weight excluding hydrogens is 861 g/mol. The van der Waals surface area contributed by atoms with Crippen LogP contribution in [0.25, 0.3) is 34.4 Å². The Bertz CT molecular complexity index is 3100. The van der Waals surface area contributed by atoms with Gasteiger partial charge < -0.3 is 14.7 Å². The number of amides is 4. The van der Waals surface area contributed by atoms with Crippen molar-refractivity contribution in [3.63, 3.8) is 0 Å². The highest BCUT2D eigenvalue weighted by atomic mass is 16.2. The highest BCUT2D eigenvalue weighted by Gasteiger charge is 2.39. The summed E-state index contributed by atoms with van der Waals surface area (Å²) in [4.78, 5) is 73.2. The van der Waals surface area contributed by atoms with Gasteiger partial charge in [-0.2, -0.15) is 0 Å². The molecule has 12 nitrogen and oxygen atoms in total. The molecule has 4 aliphatic heterocycles. The van der Waals surface area contributed by atoms with Gasteiger partial charge in [-0.1, -0.05) is 84.4 Å². The Balaban J connectivity index is 0.631. The monoisotopic (exact) mass is 912 g/mol. The van der Waals surface area contributed by atoms with Crippen molar-refractivity contribution in [1.29, 1.82) is 0 Å². The molecule has 4 amide bonds. The SMILES string of the molecule is O=C1CCC(N2Cc3c(C#CCCCCN4CCN(CC#Cc5ccc(/C=C/c6ccc(C(=O)N7CCc8cnc(-c9cnc%10ccccc%10c9)nc8C7)cc6)cc5)CC4)cccc3C2=O)C(=O)N1. The average Bonchev–Trinajstić information content (AvgIpc) is 3.72. The third-order valence-electron chi connectivity index (χ3n) is 13.4. The summed E-state index contributed by atoms with van der Waals surface area (Å²) in [5.74, 6) is 13.1. The lowest BCUT2D eigenvalue weighted by Gasteiger charge is -2.33. The topological polar surface area (TPSA) is 132 Å². The number of piperazine rings is 1. The molecule has 1 N–H and O–H groups in total. The largest absolute Gasteiger partial charge is 0.332 e. The number of rotatable bonds is 10. The molecule has 6 aromatic rings. The number of para-hydroxylation sites is 1. The first-order valence-electron chi connectivity index (χ1n) is 23.9. The summed E-state index contributed by atoms with van der Waals surface area (Å²) in [6, 6.07) is 31.0. The second-order valence-corrected chi connectivity index (χ2v) is 18.0. The van der Waals surface area contributed by atoms with Gasteiger partial charge in [-0.05, 0) is 103 Å². The normalized spacial score (nSPS) is 17.2. The number of nitrogens with zero attached hydrogens (tertiary/aromatic N) is 7. The minimum atomic E-state index is -0.628. The van der Waals surface area contributed by atoms with Gasteiger partial charge in [0.1, 0.15) is 6.04 Å². The molecule has 0 aliphatic carbocycles. The highest BCUT2D eigenvalue weighted by molar-refractivity contribution is 6.05. The van der Waals surface area contributed by atoms with Crippen LogP contribution in [0.4, 0.5) is 0 Å². The summed E-state index contributed by atoms with van der Waals surface area (Å²) in [5.41, 5.74) is 9.76. The van der Waals surface area contributed by atoms with Crippen LogP contribution in [0.5, 0.6) is 0 Å².